The molecule has 26 heavy (non-hydrogen) atoms. The first-order valence-corrected chi connectivity index (χ1v) is 9.05. The van der Waals surface area contributed by atoms with Gasteiger partial charge in [0, 0.05) is 18.2 Å². The van der Waals surface area contributed by atoms with Gasteiger partial charge >= 0.3 is 0 Å². The maximum Gasteiger partial charge on any atom is 0.251 e. The summed E-state index contributed by atoms with van der Waals surface area (Å²) in [5.41, 5.74) is 1.17. The van der Waals surface area contributed by atoms with Crippen LogP contribution >= 0.6 is 0 Å². The van der Waals surface area contributed by atoms with Gasteiger partial charge < -0.3 is 14.8 Å². The molecule has 2 aliphatic rings. The van der Waals surface area contributed by atoms with Crippen LogP contribution < -0.4 is 10.1 Å². The van der Waals surface area contributed by atoms with Crippen LogP contribution in [0.15, 0.2) is 24.5 Å². The van der Waals surface area contributed by atoms with Crippen LogP contribution in [0.4, 0.5) is 0 Å². The van der Waals surface area contributed by atoms with Gasteiger partial charge in [-0.1, -0.05) is 12.8 Å². The number of carbonyl (C=O) groups is 1. The molecule has 1 spiro atoms. The maximum atomic E-state index is 12.8. The van der Waals surface area contributed by atoms with E-state index in [1.54, 1.807) is 25.3 Å². The smallest absolute Gasteiger partial charge is 0.251 e. The summed E-state index contributed by atoms with van der Waals surface area (Å²) >= 11 is 0. The number of rotatable bonds is 4. The normalized spacial score (nSPS) is 21.7. The molecular weight excluding hydrogens is 334 g/mol. The zero-order valence-electron chi connectivity index (χ0n) is 14.9. The molecule has 1 atom stereocenters. The molecule has 1 saturated heterocycles. The van der Waals surface area contributed by atoms with Crippen LogP contribution in [0.25, 0.3) is 5.69 Å². The van der Waals surface area contributed by atoms with Crippen LogP contribution in [0.2, 0.25) is 0 Å². The van der Waals surface area contributed by atoms with Gasteiger partial charge in [-0.25, -0.2) is 0 Å². The average Bonchev–Trinajstić information content (AvgIpc) is 3.34. The fourth-order valence-electron chi connectivity index (χ4n) is 4.07. The molecule has 1 amide bonds. The van der Waals surface area contributed by atoms with E-state index in [-0.39, 0.29) is 17.6 Å². The van der Waals surface area contributed by atoms with Gasteiger partial charge in [-0.3, -0.25) is 4.79 Å². The van der Waals surface area contributed by atoms with E-state index < -0.39 is 0 Å². The number of methoxy groups -OCH3 is 1. The van der Waals surface area contributed by atoms with Crippen molar-refractivity contribution in [2.24, 2.45) is 0 Å². The largest absolute Gasteiger partial charge is 0.494 e. The molecule has 0 radical (unpaired) electrons. The minimum atomic E-state index is -0.0953. The Morgan fingerprint density at radius 1 is 1.38 bits per heavy atom. The molecule has 1 unspecified atom stereocenters. The van der Waals surface area contributed by atoms with Gasteiger partial charge in [0.1, 0.15) is 17.8 Å². The third-order valence-electron chi connectivity index (χ3n) is 5.38. The van der Waals surface area contributed by atoms with Gasteiger partial charge in [-0.05, 0) is 54.3 Å². The fourth-order valence-corrected chi connectivity index (χ4v) is 4.07. The first-order valence-electron chi connectivity index (χ1n) is 9.05. The number of aromatic nitrogens is 4. The van der Waals surface area contributed by atoms with Gasteiger partial charge in [0.05, 0.1) is 12.7 Å². The van der Waals surface area contributed by atoms with E-state index in [0.717, 1.165) is 25.7 Å². The number of benzene rings is 1. The maximum absolute atomic E-state index is 12.8. The zero-order chi connectivity index (χ0) is 18.0. The van der Waals surface area contributed by atoms with Crippen LogP contribution in [0, 0.1) is 0 Å². The van der Waals surface area contributed by atoms with Crippen molar-refractivity contribution in [3.05, 3.63) is 30.1 Å². The molecule has 2 fully saturated rings. The molecule has 138 valence electrons. The Labute approximate surface area is 151 Å². The van der Waals surface area contributed by atoms with Gasteiger partial charge in [0.15, 0.2) is 0 Å². The van der Waals surface area contributed by atoms with E-state index in [1.165, 1.54) is 23.9 Å². The number of hydrogen-bond donors (Lipinski definition) is 1. The average molecular weight is 357 g/mol. The molecule has 8 nitrogen and oxygen atoms in total. The Morgan fingerprint density at radius 2 is 2.23 bits per heavy atom. The summed E-state index contributed by atoms with van der Waals surface area (Å²) in [6, 6.07) is 5.41. The molecule has 8 heteroatoms. The summed E-state index contributed by atoms with van der Waals surface area (Å²) in [6.07, 6.45) is 7.86. The molecule has 2 heterocycles. The Bertz CT molecular complexity index is 771. The highest BCUT2D eigenvalue weighted by molar-refractivity contribution is 5.95. The van der Waals surface area contributed by atoms with Crippen LogP contribution in [0.5, 0.6) is 5.75 Å². The molecule has 1 N–H and O–H groups in total. The number of hydrogen-bond acceptors (Lipinski definition) is 6. The minimum Gasteiger partial charge on any atom is -0.494 e. The Hall–Kier alpha value is -2.48. The summed E-state index contributed by atoms with van der Waals surface area (Å²) < 4.78 is 12.9. The summed E-state index contributed by atoms with van der Waals surface area (Å²) in [7, 11) is 1.58. The standard InChI is InChI=1S/C18H23N5O3/c1-25-16-5-4-13(10-15(16)23-12-19-21-22-23)17(24)20-14-6-9-26-18(11-14)7-2-3-8-18/h4-5,10,12,14H,2-3,6-9,11H2,1H3,(H,20,24). The first-order chi connectivity index (χ1) is 12.7. The first kappa shape index (κ1) is 17.0. The molecule has 1 saturated carbocycles. The van der Waals surface area contributed by atoms with Crippen LogP contribution in [0.1, 0.15) is 48.9 Å². The van der Waals surface area contributed by atoms with Crippen molar-refractivity contribution >= 4 is 5.91 Å². The lowest BCUT2D eigenvalue weighted by Crippen LogP contribution is -2.47. The SMILES string of the molecule is COc1ccc(C(=O)NC2CCOC3(CCCC3)C2)cc1-n1cnnn1. The van der Waals surface area contributed by atoms with Crippen molar-refractivity contribution in [3.63, 3.8) is 0 Å². The quantitative estimate of drug-likeness (QED) is 0.898. The van der Waals surface area contributed by atoms with Crippen molar-refractivity contribution in [1.29, 1.82) is 0 Å². The van der Waals surface area contributed by atoms with Crippen molar-refractivity contribution in [2.45, 2.75) is 50.2 Å². The third kappa shape index (κ3) is 3.29. The van der Waals surface area contributed by atoms with E-state index >= 15 is 0 Å². The molecule has 2 aromatic rings. The number of tetrazole rings is 1. The number of amides is 1. The lowest BCUT2D eigenvalue weighted by Gasteiger charge is -2.38. The van der Waals surface area contributed by atoms with E-state index in [0.29, 0.717) is 23.6 Å². The Morgan fingerprint density at radius 3 is 2.96 bits per heavy atom. The Balaban J connectivity index is 1.50. The zero-order valence-corrected chi connectivity index (χ0v) is 14.9. The third-order valence-corrected chi connectivity index (χ3v) is 5.38. The van der Waals surface area contributed by atoms with Crippen molar-refractivity contribution in [1.82, 2.24) is 25.5 Å². The second kappa shape index (κ2) is 7.03. The fraction of sp³-hybridized carbons (Fsp3) is 0.556. The van der Waals surface area contributed by atoms with E-state index in [1.807, 2.05) is 0 Å². The molecular formula is C18H23N5O3. The van der Waals surface area contributed by atoms with Gasteiger partial charge in [-0.2, -0.15) is 4.68 Å². The van der Waals surface area contributed by atoms with E-state index in [9.17, 15) is 4.79 Å². The summed E-state index contributed by atoms with van der Waals surface area (Å²) in [5, 5.41) is 14.4. The second-order valence-electron chi connectivity index (χ2n) is 7.04. The monoisotopic (exact) mass is 357 g/mol. The highest BCUT2D eigenvalue weighted by atomic mass is 16.5. The number of nitrogens with one attached hydrogen (secondary N) is 1. The highest BCUT2D eigenvalue weighted by Crippen LogP contribution is 2.40. The minimum absolute atomic E-state index is 0.0202. The topological polar surface area (TPSA) is 91.2 Å². The summed E-state index contributed by atoms with van der Waals surface area (Å²) in [5.74, 6) is 0.506. The van der Waals surface area contributed by atoms with Gasteiger partial charge in [0.25, 0.3) is 5.91 Å². The van der Waals surface area contributed by atoms with Crippen molar-refractivity contribution in [3.8, 4) is 11.4 Å². The molecule has 1 aromatic heterocycles. The Kier molecular flexibility index (Phi) is 4.58. The number of ether oxygens (including phenoxy) is 2. The number of nitrogens with zero attached hydrogens (tertiary/aromatic N) is 4. The summed E-state index contributed by atoms with van der Waals surface area (Å²) in [6.45, 7) is 0.712. The second-order valence-corrected chi connectivity index (χ2v) is 7.04. The lowest BCUT2D eigenvalue weighted by atomic mass is 9.89. The molecule has 1 aliphatic heterocycles. The van der Waals surface area contributed by atoms with Gasteiger partial charge in [0.2, 0.25) is 0 Å². The molecule has 1 aromatic carbocycles. The lowest BCUT2D eigenvalue weighted by molar-refractivity contribution is -0.0823. The van der Waals surface area contributed by atoms with Crippen LogP contribution in [0.3, 0.4) is 0 Å². The molecule has 4 rings (SSSR count). The number of carbonyl (C=O) groups excluding carboxylic acids is 1. The highest BCUT2D eigenvalue weighted by Gasteiger charge is 2.40. The predicted octanol–water partition coefficient (Wildman–Crippen LogP) is 1.89. The summed E-state index contributed by atoms with van der Waals surface area (Å²) in [4.78, 5) is 12.8. The predicted molar refractivity (Wildman–Crippen MR) is 93.3 cm³/mol. The van der Waals surface area contributed by atoms with Gasteiger partial charge in [-0.15, -0.1) is 5.10 Å². The molecule has 0 bridgehead atoms. The molecule has 1 aliphatic carbocycles. The van der Waals surface area contributed by atoms with E-state index in [4.69, 9.17) is 9.47 Å². The van der Waals surface area contributed by atoms with Crippen molar-refractivity contribution < 1.29 is 14.3 Å². The van der Waals surface area contributed by atoms with Crippen molar-refractivity contribution in [2.75, 3.05) is 13.7 Å². The van der Waals surface area contributed by atoms with E-state index in [2.05, 4.69) is 20.8 Å². The van der Waals surface area contributed by atoms with Crippen LogP contribution in [-0.4, -0.2) is 51.5 Å². The van der Waals surface area contributed by atoms with Crippen LogP contribution in [-0.2, 0) is 4.74 Å².